The SMILES string of the molecule is CC1CCCCC1OCCNC(C)(C)c1ccc2c(c1)OCO2. The van der Waals surface area contributed by atoms with E-state index in [-0.39, 0.29) is 5.54 Å². The number of hydrogen-bond donors (Lipinski definition) is 1. The van der Waals surface area contributed by atoms with Crippen molar-refractivity contribution in [3.8, 4) is 11.5 Å². The Hall–Kier alpha value is -1.26. The Bertz CT molecular complexity index is 529. The predicted octanol–water partition coefficient (Wildman–Crippen LogP) is 3.84. The first-order chi connectivity index (χ1) is 11.1. The number of rotatable bonds is 6. The molecular formula is C19H29NO3. The molecule has 4 heteroatoms. The van der Waals surface area contributed by atoms with Crippen LogP contribution in [0.15, 0.2) is 18.2 Å². The number of benzene rings is 1. The van der Waals surface area contributed by atoms with Gasteiger partial charge in [-0.25, -0.2) is 0 Å². The average Bonchev–Trinajstić information content (AvgIpc) is 3.00. The van der Waals surface area contributed by atoms with Crippen LogP contribution in [0.25, 0.3) is 0 Å². The largest absolute Gasteiger partial charge is 0.454 e. The minimum atomic E-state index is -0.122. The van der Waals surface area contributed by atoms with Crippen LogP contribution in [0.3, 0.4) is 0 Å². The van der Waals surface area contributed by atoms with Gasteiger partial charge in [0.1, 0.15) is 0 Å². The summed E-state index contributed by atoms with van der Waals surface area (Å²) in [4.78, 5) is 0. The summed E-state index contributed by atoms with van der Waals surface area (Å²) < 4.78 is 16.9. The fraction of sp³-hybridized carbons (Fsp3) is 0.684. The summed E-state index contributed by atoms with van der Waals surface area (Å²) in [6.45, 7) is 8.63. The first-order valence-corrected chi connectivity index (χ1v) is 8.83. The maximum Gasteiger partial charge on any atom is 0.231 e. The van der Waals surface area contributed by atoms with Crippen LogP contribution in [0.1, 0.15) is 52.0 Å². The molecule has 1 aromatic rings. The van der Waals surface area contributed by atoms with Gasteiger partial charge in [0.25, 0.3) is 0 Å². The molecule has 1 heterocycles. The molecule has 0 radical (unpaired) electrons. The lowest BCUT2D eigenvalue weighted by atomic mass is 9.88. The minimum Gasteiger partial charge on any atom is -0.454 e. The van der Waals surface area contributed by atoms with Gasteiger partial charge in [-0.2, -0.15) is 0 Å². The fourth-order valence-electron chi connectivity index (χ4n) is 3.49. The Kier molecular flexibility index (Phi) is 5.12. The summed E-state index contributed by atoms with van der Waals surface area (Å²) in [5.74, 6) is 2.37. The monoisotopic (exact) mass is 319 g/mol. The highest BCUT2D eigenvalue weighted by molar-refractivity contribution is 5.46. The lowest BCUT2D eigenvalue weighted by Crippen LogP contribution is -2.39. The van der Waals surface area contributed by atoms with Crippen molar-refractivity contribution in [3.05, 3.63) is 23.8 Å². The van der Waals surface area contributed by atoms with E-state index in [4.69, 9.17) is 14.2 Å². The molecule has 0 bridgehead atoms. The fourth-order valence-corrected chi connectivity index (χ4v) is 3.49. The Labute approximate surface area is 139 Å². The van der Waals surface area contributed by atoms with Gasteiger partial charge < -0.3 is 19.5 Å². The molecule has 0 spiro atoms. The minimum absolute atomic E-state index is 0.122. The Morgan fingerprint density at radius 2 is 1.96 bits per heavy atom. The lowest BCUT2D eigenvalue weighted by molar-refractivity contribution is -0.00492. The third kappa shape index (κ3) is 3.99. The molecule has 2 unspecified atom stereocenters. The van der Waals surface area contributed by atoms with Gasteiger partial charge in [-0.05, 0) is 50.3 Å². The van der Waals surface area contributed by atoms with Crippen molar-refractivity contribution >= 4 is 0 Å². The molecule has 2 atom stereocenters. The molecule has 1 fully saturated rings. The van der Waals surface area contributed by atoms with Gasteiger partial charge in [-0.15, -0.1) is 0 Å². The van der Waals surface area contributed by atoms with Crippen LogP contribution in [0, 0.1) is 5.92 Å². The van der Waals surface area contributed by atoms with E-state index in [0.717, 1.165) is 24.7 Å². The van der Waals surface area contributed by atoms with Gasteiger partial charge in [-0.3, -0.25) is 0 Å². The molecule has 128 valence electrons. The molecule has 23 heavy (non-hydrogen) atoms. The summed E-state index contributed by atoms with van der Waals surface area (Å²) in [5, 5.41) is 3.60. The molecule has 0 saturated heterocycles. The average molecular weight is 319 g/mol. The van der Waals surface area contributed by atoms with Crippen molar-refractivity contribution in [2.75, 3.05) is 19.9 Å². The van der Waals surface area contributed by atoms with Crippen LogP contribution in [0.4, 0.5) is 0 Å². The van der Waals surface area contributed by atoms with Crippen molar-refractivity contribution in [2.24, 2.45) is 5.92 Å². The first kappa shape index (κ1) is 16.6. The van der Waals surface area contributed by atoms with E-state index in [2.05, 4.69) is 38.2 Å². The van der Waals surface area contributed by atoms with E-state index < -0.39 is 0 Å². The maximum atomic E-state index is 6.09. The summed E-state index contributed by atoms with van der Waals surface area (Å²) in [6.07, 6.45) is 5.63. The molecule has 2 aliphatic rings. The highest BCUT2D eigenvalue weighted by Crippen LogP contribution is 2.35. The molecule has 4 nitrogen and oxygen atoms in total. The highest BCUT2D eigenvalue weighted by atomic mass is 16.7. The number of hydrogen-bond acceptors (Lipinski definition) is 4. The van der Waals surface area contributed by atoms with Crippen LogP contribution >= 0.6 is 0 Å². The number of nitrogens with one attached hydrogen (secondary N) is 1. The summed E-state index contributed by atoms with van der Waals surface area (Å²) >= 11 is 0. The van der Waals surface area contributed by atoms with Crippen LogP contribution in [0.2, 0.25) is 0 Å². The molecule has 1 aliphatic carbocycles. The van der Waals surface area contributed by atoms with Crippen LogP contribution in [-0.2, 0) is 10.3 Å². The van der Waals surface area contributed by atoms with Gasteiger partial charge in [-0.1, -0.05) is 25.8 Å². The van der Waals surface area contributed by atoms with Crippen LogP contribution in [0.5, 0.6) is 11.5 Å². The standard InChI is InChI=1S/C19H29NO3/c1-14-6-4-5-7-16(14)21-11-10-20-19(2,3)15-8-9-17-18(12-15)23-13-22-17/h8-9,12,14,16,20H,4-7,10-11,13H2,1-3H3. The number of ether oxygens (including phenoxy) is 3. The second-order valence-electron chi connectivity index (χ2n) is 7.29. The molecule has 1 aromatic carbocycles. The quantitative estimate of drug-likeness (QED) is 0.809. The van der Waals surface area contributed by atoms with E-state index in [1.54, 1.807) is 0 Å². The molecule has 1 saturated carbocycles. The van der Waals surface area contributed by atoms with E-state index in [0.29, 0.717) is 18.8 Å². The van der Waals surface area contributed by atoms with Crippen molar-refractivity contribution in [3.63, 3.8) is 0 Å². The molecule has 0 amide bonds. The third-order valence-corrected chi connectivity index (χ3v) is 5.13. The second-order valence-corrected chi connectivity index (χ2v) is 7.29. The maximum absolute atomic E-state index is 6.09. The van der Waals surface area contributed by atoms with Gasteiger partial charge in [0.15, 0.2) is 11.5 Å². The molecular weight excluding hydrogens is 290 g/mol. The van der Waals surface area contributed by atoms with E-state index in [1.165, 1.54) is 31.2 Å². The van der Waals surface area contributed by atoms with Gasteiger partial charge in [0.05, 0.1) is 12.7 Å². The van der Waals surface area contributed by atoms with Gasteiger partial charge in [0, 0.05) is 12.1 Å². The summed E-state index contributed by atoms with van der Waals surface area (Å²) in [6, 6.07) is 6.16. The summed E-state index contributed by atoms with van der Waals surface area (Å²) in [5.41, 5.74) is 1.08. The number of fused-ring (bicyclic) bond motifs is 1. The molecule has 1 aliphatic heterocycles. The third-order valence-electron chi connectivity index (χ3n) is 5.13. The molecule has 1 N–H and O–H groups in total. The molecule has 3 rings (SSSR count). The lowest BCUT2D eigenvalue weighted by Gasteiger charge is -2.30. The highest BCUT2D eigenvalue weighted by Gasteiger charge is 2.24. The van der Waals surface area contributed by atoms with Crippen molar-refractivity contribution < 1.29 is 14.2 Å². The van der Waals surface area contributed by atoms with E-state index in [1.807, 2.05) is 6.07 Å². The predicted molar refractivity (Wildman–Crippen MR) is 91.0 cm³/mol. The van der Waals surface area contributed by atoms with Gasteiger partial charge in [0.2, 0.25) is 6.79 Å². The Balaban J connectivity index is 1.48. The first-order valence-electron chi connectivity index (χ1n) is 8.83. The zero-order chi connectivity index (χ0) is 16.3. The summed E-state index contributed by atoms with van der Waals surface area (Å²) in [7, 11) is 0. The van der Waals surface area contributed by atoms with Gasteiger partial charge >= 0.3 is 0 Å². The smallest absolute Gasteiger partial charge is 0.231 e. The van der Waals surface area contributed by atoms with Crippen molar-refractivity contribution in [1.29, 1.82) is 0 Å². The van der Waals surface area contributed by atoms with Crippen LogP contribution < -0.4 is 14.8 Å². The second kappa shape index (κ2) is 7.10. The molecule has 0 aromatic heterocycles. The zero-order valence-corrected chi connectivity index (χ0v) is 14.6. The normalized spacial score (nSPS) is 24.0. The van der Waals surface area contributed by atoms with E-state index in [9.17, 15) is 0 Å². The van der Waals surface area contributed by atoms with E-state index >= 15 is 0 Å². The topological polar surface area (TPSA) is 39.7 Å². The van der Waals surface area contributed by atoms with Crippen molar-refractivity contribution in [2.45, 2.75) is 58.1 Å². The Morgan fingerprint density at radius 3 is 2.78 bits per heavy atom. The van der Waals surface area contributed by atoms with Crippen molar-refractivity contribution in [1.82, 2.24) is 5.32 Å². The van der Waals surface area contributed by atoms with Crippen LogP contribution in [-0.4, -0.2) is 26.0 Å². The zero-order valence-electron chi connectivity index (χ0n) is 14.6. The Morgan fingerprint density at radius 1 is 1.17 bits per heavy atom.